The van der Waals surface area contributed by atoms with Crippen molar-refractivity contribution >= 4 is 28.8 Å². The number of nitrogens with one attached hydrogen (secondary N) is 1. The molecule has 1 aromatic heterocycles. The van der Waals surface area contributed by atoms with E-state index in [2.05, 4.69) is 15.3 Å². The van der Waals surface area contributed by atoms with Gasteiger partial charge in [-0.05, 0) is 38.1 Å². The number of likely N-dealkylation sites (N-methyl/N-ethyl adjacent to an activating group) is 1. The number of amides is 1. The number of imidazole rings is 1. The molecule has 0 radical (unpaired) electrons. The molecule has 0 aliphatic carbocycles. The molecule has 4 rings (SSSR count). The van der Waals surface area contributed by atoms with Gasteiger partial charge in [-0.15, -0.1) is 0 Å². The standard InChI is InChI=1S/C22H26N6O3/c1-5-30-18-12-14(10-11-17(18)31-13(2)20(29)27(3)4)19-25-21(23)26-22-24-15-8-6-7-9-16(15)28(19)22/h6-13,19H,5H2,1-4H3,(H3,23,24,25,26)/t13-,19+/m1/s1. The summed E-state index contributed by atoms with van der Waals surface area (Å²) in [5, 5.41) is 3.03. The Morgan fingerprint density at radius 2 is 2.03 bits per heavy atom. The first kappa shape index (κ1) is 20.5. The van der Waals surface area contributed by atoms with Crippen LogP contribution in [0.4, 0.5) is 5.95 Å². The number of benzene rings is 2. The summed E-state index contributed by atoms with van der Waals surface area (Å²) in [7, 11) is 3.39. The number of ether oxygens (including phenoxy) is 2. The zero-order chi connectivity index (χ0) is 22.1. The van der Waals surface area contributed by atoms with E-state index in [0.717, 1.165) is 16.6 Å². The number of carbonyl (C=O) groups is 1. The average molecular weight is 422 g/mol. The van der Waals surface area contributed by atoms with Crippen molar-refractivity contribution in [3.05, 3.63) is 48.0 Å². The fraction of sp³-hybridized carbons (Fsp3) is 0.318. The van der Waals surface area contributed by atoms with E-state index in [1.54, 1.807) is 27.1 Å². The SMILES string of the molecule is CCOc1cc([C@H]2N=C(N)Nc3nc4ccccc4n32)ccc1O[C@H](C)C(=O)N(C)C. The lowest BCUT2D eigenvalue weighted by atomic mass is 10.1. The van der Waals surface area contributed by atoms with Gasteiger partial charge in [0, 0.05) is 19.7 Å². The predicted molar refractivity (Wildman–Crippen MR) is 120 cm³/mol. The van der Waals surface area contributed by atoms with Crippen LogP contribution in [0.5, 0.6) is 11.5 Å². The van der Waals surface area contributed by atoms with Gasteiger partial charge in [0.1, 0.15) is 0 Å². The van der Waals surface area contributed by atoms with Gasteiger partial charge in [0.15, 0.2) is 29.7 Å². The summed E-state index contributed by atoms with van der Waals surface area (Å²) in [5.41, 5.74) is 8.69. The van der Waals surface area contributed by atoms with Crippen molar-refractivity contribution in [3.8, 4) is 11.5 Å². The molecule has 31 heavy (non-hydrogen) atoms. The lowest BCUT2D eigenvalue weighted by Gasteiger charge is -2.25. The van der Waals surface area contributed by atoms with Crippen LogP contribution >= 0.6 is 0 Å². The molecule has 0 spiro atoms. The molecule has 2 heterocycles. The van der Waals surface area contributed by atoms with E-state index in [9.17, 15) is 4.79 Å². The lowest BCUT2D eigenvalue weighted by molar-refractivity contribution is -0.135. The monoisotopic (exact) mass is 422 g/mol. The van der Waals surface area contributed by atoms with Gasteiger partial charge in [-0.1, -0.05) is 18.2 Å². The summed E-state index contributed by atoms with van der Waals surface area (Å²) in [6.07, 6.45) is -1.06. The molecule has 1 aliphatic heterocycles. The number of nitrogens with zero attached hydrogens (tertiary/aromatic N) is 4. The van der Waals surface area contributed by atoms with Gasteiger partial charge in [-0.3, -0.25) is 14.7 Å². The van der Waals surface area contributed by atoms with Crippen molar-refractivity contribution in [2.75, 3.05) is 26.0 Å². The summed E-state index contributed by atoms with van der Waals surface area (Å²) in [6, 6.07) is 13.4. The molecule has 0 unspecified atom stereocenters. The summed E-state index contributed by atoms with van der Waals surface area (Å²) in [6.45, 7) is 4.06. The van der Waals surface area contributed by atoms with E-state index >= 15 is 0 Å². The second-order valence-electron chi connectivity index (χ2n) is 7.44. The summed E-state index contributed by atoms with van der Waals surface area (Å²) < 4.78 is 13.7. The van der Waals surface area contributed by atoms with Crippen molar-refractivity contribution < 1.29 is 14.3 Å². The number of aromatic nitrogens is 2. The third-order valence-electron chi connectivity index (χ3n) is 5.00. The van der Waals surface area contributed by atoms with E-state index in [1.165, 1.54) is 4.90 Å². The number of nitrogens with two attached hydrogens (primary N) is 1. The molecule has 0 saturated carbocycles. The number of hydrogen-bond donors (Lipinski definition) is 2. The molecular formula is C22H26N6O3. The second kappa shape index (κ2) is 8.17. The Balaban J connectivity index is 1.74. The highest BCUT2D eigenvalue weighted by molar-refractivity contribution is 5.94. The maximum absolute atomic E-state index is 12.2. The highest BCUT2D eigenvalue weighted by Crippen LogP contribution is 2.37. The molecule has 162 valence electrons. The minimum atomic E-state index is -0.642. The lowest BCUT2D eigenvalue weighted by Crippen LogP contribution is -2.35. The molecule has 0 bridgehead atoms. The summed E-state index contributed by atoms with van der Waals surface area (Å²) in [5.74, 6) is 1.82. The number of guanidine groups is 1. The van der Waals surface area contributed by atoms with Gasteiger partial charge in [0.2, 0.25) is 5.95 Å². The van der Waals surface area contributed by atoms with Crippen LogP contribution in [-0.4, -0.2) is 53.1 Å². The number of para-hydroxylation sites is 2. The van der Waals surface area contributed by atoms with E-state index in [4.69, 9.17) is 15.2 Å². The van der Waals surface area contributed by atoms with Crippen LogP contribution in [0.1, 0.15) is 25.6 Å². The largest absolute Gasteiger partial charge is 0.490 e. The fourth-order valence-electron chi connectivity index (χ4n) is 3.60. The Kier molecular flexibility index (Phi) is 5.41. The number of aliphatic imine (C=N–C) groups is 1. The van der Waals surface area contributed by atoms with Crippen LogP contribution in [-0.2, 0) is 4.79 Å². The second-order valence-corrected chi connectivity index (χ2v) is 7.44. The highest BCUT2D eigenvalue weighted by atomic mass is 16.5. The van der Waals surface area contributed by atoms with Crippen LogP contribution in [0.2, 0.25) is 0 Å². The smallest absolute Gasteiger partial charge is 0.262 e. The molecule has 3 N–H and O–H groups in total. The normalized spacial score (nSPS) is 16.1. The van der Waals surface area contributed by atoms with E-state index in [1.807, 2.05) is 47.9 Å². The first-order valence-electron chi connectivity index (χ1n) is 10.1. The average Bonchev–Trinajstić information content (AvgIpc) is 3.11. The Hall–Kier alpha value is -3.75. The van der Waals surface area contributed by atoms with Gasteiger partial charge in [0.05, 0.1) is 17.6 Å². The number of rotatable bonds is 6. The quantitative estimate of drug-likeness (QED) is 0.632. The highest BCUT2D eigenvalue weighted by Gasteiger charge is 2.26. The van der Waals surface area contributed by atoms with Gasteiger partial charge >= 0.3 is 0 Å². The topological polar surface area (TPSA) is 107 Å². The van der Waals surface area contributed by atoms with Crippen molar-refractivity contribution in [1.82, 2.24) is 14.5 Å². The molecule has 2 aromatic carbocycles. The Labute approximate surface area is 180 Å². The summed E-state index contributed by atoms with van der Waals surface area (Å²) in [4.78, 5) is 22.9. The third kappa shape index (κ3) is 3.86. The van der Waals surface area contributed by atoms with Gasteiger partial charge in [-0.2, -0.15) is 0 Å². The fourth-order valence-corrected chi connectivity index (χ4v) is 3.60. The van der Waals surface area contributed by atoms with Gasteiger partial charge in [-0.25, -0.2) is 9.98 Å². The molecule has 1 amide bonds. The van der Waals surface area contributed by atoms with Crippen molar-refractivity contribution in [3.63, 3.8) is 0 Å². The van der Waals surface area contributed by atoms with E-state index in [0.29, 0.717) is 24.1 Å². The molecule has 1 aliphatic rings. The molecule has 9 nitrogen and oxygen atoms in total. The van der Waals surface area contributed by atoms with Crippen molar-refractivity contribution in [1.29, 1.82) is 0 Å². The number of anilines is 1. The first-order chi connectivity index (χ1) is 14.9. The Bertz CT molecular complexity index is 1150. The van der Waals surface area contributed by atoms with E-state index < -0.39 is 12.3 Å². The van der Waals surface area contributed by atoms with Crippen LogP contribution < -0.4 is 20.5 Å². The third-order valence-corrected chi connectivity index (χ3v) is 5.00. The van der Waals surface area contributed by atoms with Crippen molar-refractivity contribution in [2.45, 2.75) is 26.1 Å². The number of carbonyl (C=O) groups excluding carboxylic acids is 1. The zero-order valence-corrected chi connectivity index (χ0v) is 18.0. The molecule has 0 saturated heterocycles. The Morgan fingerprint density at radius 3 is 2.77 bits per heavy atom. The zero-order valence-electron chi connectivity index (χ0n) is 18.0. The minimum absolute atomic E-state index is 0.128. The van der Waals surface area contributed by atoms with Crippen molar-refractivity contribution in [2.24, 2.45) is 10.7 Å². The van der Waals surface area contributed by atoms with E-state index in [-0.39, 0.29) is 11.9 Å². The van der Waals surface area contributed by atoms with Gasteiger partial charge in [0.25, 0.3) is 5.91 Å². The van der Waals surface area contributed by atoms with Crippen LogP contribution in [0.3, 0.4) is 0 Å². The molecule has 0 fully saturated rings. The summed E-state index contributed by atoms with van der Waals surface area (Å²) >= 11 is 0. The number of hydrogen-bond acceptors (Lipinski definition) is 7. The molecule has 9 heteroatoms. The maximum Gasteiger partial charge on any atom is 0.262 e. The van der Waals surface area contributed by atoms with Crippen LogP contribution in [0.15, 0.2) is 47.5 Å². The van der Waals surface area contributed by atoms with Crippen LogP contribution in [0.25, 0.3) is 11.0 Å². The Morgan fingerprint density at radius 1 is 1.26 bits per heavy atom. The van der Waals surface area contributed by atoms with Gasteiger partial charge < -0.3 is 20.1 Å². The minimum Gasteiger partial charge on any atom is -0.490 e. The molecule has 3 aromatic rings. The number of fused-ring (bicyclic) bond motifs is 3. The molecular weight excluding hydrogens is 396 g/mol. The maximum atomic E-state index is 12.2. The first-order valence-corrected chi connectivity index (χ1v) is 10.1. The molecule has 2 atom stereocenters. The predicted octanol–water partition coefficient (Wildman–Crippen LogP) is 2.58. The van der Waals surface area contributed by atoms with Crippen LogP contribution in [0, 0.1) is 0 Å².